The van der Waals surface area contributed by atoms with Gasteiger partial charge in [0.15, 0.2) is 0 Å². The maximum atomic E-state index is 12.6. The van der Waals surface area contributed by atoms with Crippen LogP contribution in [0, 0.1) is 5.92 Å². The standard InChI is InChI=1S/C22H28N2O6/c1-4-11-29-21(27)19-15(13-17-18(14(3)25)20(26)24(17)19)8-9-16-7-6-10-23(16)22(28)30-12-5-2/h4-5,8-9,14,16-18,25H,1-2,6-7,10-13H2,3H3/t14-,16+,17-,18-/m1/s1. The number of aliphatic hydroxyl groups is 1. The molecule has 0 unspecified atom stereocenters. The van der Waals surface area contributed by atoms with Crippen LogP contribution in [0.5, 0.6) is 0 Å². The number of fused-ring (bicyclic) bond motifs is 1. The quantitative estimate of drug-likeness (QED) is 0.369. The van der Waals surface area contributed by atoms with Crippen LogP contribution < -0.4 is 0 Å². The number of esters is 1. The summed E-state index contributed by atoms with van der Waals surface area (Å²) in [5, 5.41) is 9.93. The molecule has 0 saturated carbocycles. The van der Waals surface area contributed by atoms with Gasteiger partial charge in [-0.3, -0.25) is 4.79 Å². The molecule has 4 atom stereocenters. The number of rotatable bonds is 8. The lowest BCUT2D eigenvalue weighted by Gasteiger charge is -2.44. The van der Waals surface area contributed by atoms with Crippen molar-refractivity contribution in [1.82, 2.24) is 9.80 Å². The highest BCUT2D eigenvalue weighted by atomic mass is 16.6. The summed E-state index contributed by atoms with van der Waals surface area (Å²) in [5.41, 5.74) is 0.871. The highest BCUT2D eigenvalue weighted by Gasteiger charge is 2.56. The molecule has 1 N–H and O–H groups in total. The average Bonchev–Trinajstić information content (AvgIpc) is 3.30. The molecule has 0 aromatic carbocycles. The molecule has 0 bridgehead atoms. The van der Waals surface area contributed by atoms with E-state index in [1.54, 1.807) is 17.9 Å². The molecule has 2 fully saturated rings. The second-order valence-corrected chi connectivity index (χ2v) is 7.63. The van der Waals surface area contributed by atoms with Gasteiger partial charge in [-0.25, -0.2) is 9.59 Å². The lowest BCUT2D eigenvalue weighted by Crippen LogP contribution is -2.61. The van der Waals surface area contributed by atoms with Gasteiger partial charge < -0.3 is 24.4 Å². The molecule has 0 spiro atoms. The van der Waals surface area contributed by atoms with Gasteiger partial charge >= 0.3 is 12.1 Å². The second-order valence-electron chi connectivity index (χ2n) is 7.63. The van der Waals surface area contributed by atoms with Crippen LogP contribution in [0.3, 0.4) is 0 Å². The third-order valence-electron chi connectivity index (χ3n) is 5.67. The summed E-state index contributed by atoms with van der Waals surface area (Å²) in [6.07, 6.45) is 7.52. The Hall–Kier alpha value is -2.87. The summed E-state index contributed by atoms with van der Waals surface area (Å²) >= 11 is 0. The van der Waals surface area contributed by atoms with E-state index in [2.05, 4.69) is 13.2 Å². The number of carbonyl (C=O) groups is 3. The summed E-state index contributed by atoms with van der Waals surface area (Å²) < 4.78 is 10.3. The Kier molecular flexibility index (Phi) is 6.77. The number of allylic oxidation sites excluding steroid dienone is 1. The van der Waals surface area contributed by atoms with Crippen LogP contribution in [0.25, 0.3) is 0 Å². The number of hydrogen-bond donors (Lipinski definition) is 1. The van der Waals surface area contributed by atoms with E-state index in [4.69, 9.17) is 9.47 Å². The van der Waals surface area contributed by atoms with Crippen molar-refractivity contribution in [3.8, 4) is 0 Å². The normalized spacial score (nSPS) is 26.5. The number of hydrogen-bond acceptors (Lipinski definition) is 6. The first-order valence-corrected chi connectivity index (χ1v) is 10.2. The van der Waals surface area contributed by atoms with E-state index < -0.39 is 24.1 Å². The molecule has 3 rings (SSSR count). The number of amides is 2. The highest BCUT2D eigenvalue weighted by Crippen LogP contribution is 2.44. The van der Waals surface area contributed by atoms with Crippen LogP contribution >= 0.6 is 0 Å². The van der Waals surface area contributed by atoms with E-state index in [1.165, 1.54) is 17.1 Å². The molecular weight excluding hydrogens is 388 g/mol. The fourth-order valence-electron chi connectivity index (χ4n) is 4.30. The van der Waals surface area contributed by atoms with Crippen molar-refractivity contribution in [2.24, 2.45) is 5.92 Å². The average molecular weight is 416 g/mol. The van der Waals surface area contributed by atoms with Gasteiger partial charge in [0.1, 0.15) is 18.9 Å². The van der Waals surface area contributed by atoms with Crippen LogP contribution in [-0.4, -0.2) is 70.8 Å². The number of likely N-dealkylation sites (tertiary alicyclic amines) is 1. The predicted molar refractivity (Wildman–Crippen MR) is 109 cm³/mol. The Morgan fingerprint density at radius 1 is 1.27 bits per heavy atom. The minimum atomic E-state index is -0.794. The first-order chi connectivity index (χ1) is 14.4. The number of β-lactam (4-membered cyclic amide) rings is 1. The Morgan fingerprint density at radius 3 is 2.63 bits per heavy atom. The van der Waals surface area contributed by atoms with Crippen molar-refractivity contribution >= 4 is 18.0 Å². The van der Waals surface area contributed by atoms with Crippen LogP contribution in [0.2, 0.25) is 0 Å². The van der Waals surface area contributed by atoms with Gasteiger partial charge in [-0.15, -0.1) is 0 Å². The van der Waals surface area contributed by atoms with Gasteiger partial charge in [-0.1, -0.05) is 37.5 Å². The van der Waals surface area contributed by atoms with Gasteiger partial charge in [0.25, 0.3) is 0 Å². The maximum absolute atomic E-state index is 12.6. The fraction of sp³-hybridized carbons (Fsp3) is 0.500. The first-order valence-electron chi connectivity index (χ1n) is 10.2. The summed E-state index contributed by atoms with van der Waals surface area (Å²) in [4.78, 5) is 40.4. The van der Waals surface area contributed by atoms with Crippen LogP contribution in [0.15, 0.2) is 48.7 Å². The van der Waals surface area contributed by atoms with Gasteiger partial charge in [-0.2, -0.15) is 0 Å². The maximum Gasteiger partial charge on any atom is 0.410 e. The Bertz CT molecular complexity index is 799. The smallest absolute Gasteiger partial charge is 0.410 e. The molecule has 0 aromatic rings. The Labute approximate surface area is 176 Å². The molecule has 162 valence electrons. The Balaban J connectivity index is 1.80. The van der Waals surface area contributed by atoms with E-state index in [9.17, 15) is 19.5 Å². The zero-order chi connectivity index (χ0) is 21.8. The Morgan fingerprint density at radius 2 is 1.97 bits per heavy atom. The van der Waals surface area contributed by atoms with Crippen molar-refractivity contribution in [2.45, 2.75) is 44.4 Å². The molecule has 0 aromatic heterocycles. The fourth-order valence-corrected chi connectivity index (χ4v) is 4.30. The topological polar surface area (TPSA) is 96.4 Å². The zero-order valence-electron chi connectivity index (χ0n) is 17.2. The molecule has 30 heavy (non-hydrogen) atoms. The molecule has 3 aliphatic heterocycles. The molecule has 2 amide bonds. The minimum absolute atomic E-state index is 0.0391. The summed E-state index contributed by atoms with van der Waals surface area (Å²) in [7, 11) is 0. The highest BCUT2D eigenvalue weighted by molar-refractivity contribution is 6.01. The van der Waals surface area contributed by atoms with Crippen LogP contribution in [0.4, 0.5) is 4.79 Å². The second kappa shape index (κ2) is 9.30. The minimum Gasteiger partial charge on any atom is -0.457 e. The summed E-state index contributed by atoms with van der Waals surface area (Å²) in [5.74, 6) is -1.41. The lowest BCUT2D eigenvalue weighted by atomic mass is 9.83. The number of aliphatic hydroxyl groups excluding tert-OH is 1. The van der Waals surface area contributed by atoms with Crippen molar-refractivity contribution in [1.29, 1.82) is 0 Å². The van der Waals surface area contributed by atoms with Gasteiger partial charge in [0, 0.05) is 6.54 Å². The molecule has 8 nitrogen and oxygen atoms in total. The largest absolute Gasteiger partial charge is 0.457 e. The molecule has 2 saturated heterocycles. The predicted octanol–water partition coefficient (Wildman–Crippen LogP) is 1.92. The summed E-state index contributed by atoms with van der Waals surface area (Å²) in [6.45, 7) is 9.44. The number of carbonyl (C=O) groups excluding carboxylic acids is 3. The van der Waals surface area contributed by atoms with Crippen molar-refractivity contribution < 1.29 is 29.0 Å². The number of nitrogens with zero attached hydrogens (tertiary/aromatic N) is 2. The molecule has 8 heteroatoms. The van der Waals surface area contributed by atoms with E-state index >= 15 is 0 Å². The molecule has 0 radical (unpaired) electrons. The molecule has 3 aliphatic rings. The lowest BCUT2D eigenvalue weighted by molar-refractivity contribution is -0.162. The third kappa shape index (κ3) is 4.05. The monoisotopic (exact) mass is 416 g/mol. The molecular formula is C22H28N2O6. The van der Waals surface area contributed by atoms with Crippen LogP contribution in [0.1, 0.15) is 26.2 Å². The van der Waals surface area contributed by atoms with Gasteiger partial charge in [0.05, 0.1) is 24.1 Å². The van der Waals surface area contributed by atoms with Crippen molar-refractivity contribution in [3.63, 3.8) is 0 Å². The van der Waals surface area contributed by atoms with Crippen molar-refractivity contribution in [2.75, 3.05) is 19.8 Å². The van der Waals surface area contributed by atoms with E-state index in [-0.39, 0.29) is 36.9 Å². The third-order valence-corrected chi connectivity index (χ3v) is 5.67. The van der Waals surface area contributed by atoms with Gasteiger partial charge in [-0.05, 0) is 31.8 Å². The summed E-state index contributed by atoms with van der Waals surface area (Å²) in [6, 6.07) is -0.419. The van der Waals surface area contributed by atoms with Gasteiger partial charge in [0.2, 0.25) is 5.91 Å². The number of ether oxygens (including phenoxy) is 2. The van der Waals surface area contributed by atoms with Crippen LogP contribution in [-0.2, 0) is 19.1 Å². The van der Waals surface area contributed by atoms with E-state index in [0.29, 0.717) is 18.5 Å². The zero-order valence-corrected chi connectivity index (χ0v) is 17.2. The van der Waals surface area contributed by atoms with E-state index in [0.717, 1.165) is 12.8 Å². The molecule has 0 aliphatic carbocycles. The van der Waals surface area contributed by atoms with E-state index in [1.807, 2.05) is 6.08 Å². The van der Waals surface area contributed by atoms with Crippen molar-refractivity contribution in [3.05, 3.63) is 48.7 Å². The SMILES string of the molecule is C=CCOC(=O)C1=C(C=C[C@@H]2CCCN2C(=O)OCC=C)C[C@@H]2[C@@H]([C@@H](C)O)C(=O)N12. The first kappa shape index (κ1) is 21.8. The molecule has 3 heterocycles.